The number of carbonyl (C=O) groups is 1. The van der Waals surface area contributed by atoms with Crippen molar-refractivity contribution in [1.82, 2.24) is 9.78 Å². The van der Waals surface area contributed by atoms with Gasteiger partial charge in [0, 0.05) is 11.9 Å². The van der Waals surface area contributed by atoms with Crippen LogP contribution in [0.5, 0.6) is 0 Å². The summed E-state index contributed by atoms with van der Waals surface area (Å²) in [5.41, 5.74) is 2.74. The summed E-state index contributed by atoms with van der Waals surface area (Å²) in [7, 11) is 1.41. The van der Waals surface area contributed by atoms with E-state index < -0.39 is 0 Å². The van der Waals surface area contributed by atoms with Crippen LogP contribution < -0.4 is 0 Å². The van der Waals surface area contributed by atoms with E-state index in [9.17, 15) is 4.79 Å². The van der Waals surface area contributed by atoms with Crippen LogP contribution in [0.25, 0.3) is 10.9 Å². The maximum absolute atomic E-state index is 11.6. The lowest BCUT2D eigenvalue weighted by molar-refractivity contribution is 0.0601. The van der Waals surface area contributed by atoms with Crippen molar-refractivity contribution < 1.29 is 9.53 Å². The molecule has 1 fully saturated rings. The third kappa shape index (κ3) is 2.23. The molecule has 100 valence electrons. The molecule has 1 aromatic heterocycles. The summed E-state index contributed by atoms with van der Waals surface area (Å²) in [5, 5.41) is 5.83. The summed E-state index contributed by atoms with van der Waals surface area (Å²) in [6, 6.07) is 5.70. The van der Waals surface area contributed by atoms with Crippen molar-refractivity contribution in [1.29, 1.82) is 0 Å². The Balaban J connectivity index is 2.09. The average Bonchev–Trinajstić information content (AvgIpc) is 3.19. The minimum Gasteiger partial charge on any atom is -0.465 e. The van der Waals surface area contributed by atoms with Gasteiger partial charge in [-0.25, -0.2) is 4.79 Å². The molecule has 19 heavy (non-hydrogen) atoms. The Labute approximate surface area is 112 Å². The van der Waals surface area contributed by atoms with Crippen molar-refractivity contribution in [3.05, 3.63) is 29.5 Å². The van der Waals surface area contributed by atoms with E-state index in [1.807, 2.05) is 18.2 Å². The second-order valence-electron chi connectivity index (χ2n) is 5.15. The van der Waals surface area contributed by atoms with Gasteiger partial charge in [0.2, 0.25) is 0 Å². The van der Waals surface area contributed by atoms with Crippen molar-refractivity contribution in [2.45, 2.75) is 32.7 Å². The van der Waals surface area contributed by atoms with E-state index in [1.165, 1.54) is 20.0 Å². The number of hydrogen-bond donors (Lipinski definition) is 0. The number of carbonyl (C=O) groups excluding carboxylic acids is 1. The van der Waals surface area contributed by atoms with Gasteiger partial charge in [-0.05, 0) is 37.3 Å². The Hall–Kier alpha value is -1.84. The molecule has 0 spiro atoms. The third-order valence-corrected chi connectivity index (χ3v) is 3.71. The molecule has 0 radical (unpaired) electrons. The lowest BCUT2D eigenvalue weighted by atomic mass is 10.1. The number of fused-ring (bicyclic) bond motifs is 1. The average molecular weight is 258 g/mol. The van der Waals surface area contributed by atoms with Crippen LogP contribution in [0.4, 0.5) is 0 Å². The molecule has 0 saturated heterocycles. The fourth-order valence-electron chi connectivity index (χ4n) is 2.43. The van der Waals surface area contributed by atoms with Gasteiger partial charge in [-0.2, -0.15) is 5.10 Å². The van der Waals surface area contributed by atoms with Gasteiger partial charge in [-0.15, -0.1) is 0 Å². The highest BCUT2D eigenvalue weighted by Gasteiger charge is 2.23. The van der Waals surface area contributed by atoms with E-state index in [0.29, 0.717) is 5.56 Å². The molecular formula is C15H18N2O2. The Bertz CT molecular complexity index is 626. The molecule has 0 unspecified atom stereocenters. The largest absolute Gasteiger partial charge is 0.465 e. The Morgan fingerprint density at radius 3 is 2.89 bits per heavy atom. The van der Waals surface area contributed by atoms with Crippen LogP contribution >= 0.6 is 0 Å². The number of rotatable bonds is 4. The van der Waals surface area contributed by atoms with Gasteiger partial charge in [0.25, 0.3) is 0 Å². The lowest BCUT2D eigenvalue weighted by Crippen LogP contribution is -2.04. The van der Waals surface area contributed by atoms with Crippen LogP contribution in [0.2, 0.25) is 0 Å². The van der Waals surface area contributed by atoms with Crippen LogP contribution in [0, 0.1) is 5.92 Å². The molecule has 4 heteroatoms. The predicted octanol–water partition coefficient (Wildman–Crippen LogP) is 2.80. The first-order valence-electron chi connectivity index (χ1n) is 6.80. The number of esters is 1. The van der Waals surface area contributed by atoms with Gasteiger partial charge < -0.3 is 4.74 Å². The Morgan fingerprint density at radius 1 is 1.47 bits per heavy atom. The third-order valence-electron chi connectivity index (χ3n) is 3.71. The highest BCUT2D eigenvalue weighted by atomic mass is 16.5. The Morgan fingerprint density at radius 2 is 2.26 bits per heavy atom. The van der Waals surface area contributed by atoms with Gasteiger partial charge in [-0.3, -0.25) is 4.68 Å². The minimum atomic E-state index is -0.292. The maximum Gasteiger partial charge on any atom is 0.337 e. The summed E-state index contributed by atoms with van der Waals surface area (Å²) in [5.74, 6) is 0.466. The fraction of sp³-hybridized carbons (Fsp3) is 0.467. The van der Waals surface area contributed by atoms with Crippen molar-refractivity contribution in [3.63, 3.8) is 0 Å². The van der Waals surface area contributed by atoms with Gasteiger partial charge in [0.1, 0.15) is 0 Å². The molecule has 1 saturated carbocycles. The molecule has 0 N–H and O–H groups in total. The van der Waals surface area contributed by atoms with Crippen molar-refractivity contribution in [3.8, 4) is 0 Å². The molecule has 1 aliphatic rings. The molecule has 0 amide bonds. The molecular weight excluding hydrogens is 240 g/mol. The second kappa shape index (κ2) is 4.68. The first-order chi connectivity index (χ1) is 9.22. The number of ether oxygens (including phenoxy) is 1. The van der Waals surface area contributed by atoms with Gasteiger partial charge in [0.15, 0.2) is 0 Å². The number of hydrogen-bond acceptors (Lipinski definition) is 3. The zero-order chi connectivity index (χ0) is 13.4. The van der Waals surface area contributed by atoms with E-state index in [1.54, 1.807) is 0 Å². The molecule has 4 nitrogen and oxygen atoms in total. The van der Waals surface area contributed by atoms with E-state index in [0.717, 1.165) is 35.5 Å². The molecule has 3 rings (SSSR count). The number of aromatic nitrogens is 2. The van der Waals surface area contributed by atoms with E-state index in [4.69, 9.17) is 4.74 Å². The van der Waals surface area contributed by atoms with E-state index in [2.05, 4.69) is 16.7 Å². The molecule has 2 aromatic rings. The number of benzene rings is 1. The zero-order valence-corrected chi connectivity index (χ0v) is 11.3. The van der Waals surface area contributed by atoms with Crippen molar-refractivity contribution in [2.24, 2.45) is 5.92 Å². The monoisotopic (exact) mass is 258 g/mol. The second-order valence-corrected chi connectivity index (χ2v) is 5.15. The number of nitrogens with zero attached hydrogens (tertiary/aromatic N) is 2. The predicted molar refractivity (Wildman–Crippen MR) is 73.2 cm³/mol. The lowest BCUT2D eigenvalue weighted by Gasteiger charge is -2.03. The first-order valence-corrected chi connectivity index (χ1v) is 6.80. The standard InChI is InChI=1S/C15H18N2O2/c1-3-13-12-7-6-11(15(18)19-2)8-14(12)17(16-13)9-10-4-5-10/h6-8,10H,3-5,9H2,1-2H3. The quantitative estimate of drug-likeness (QED) is 0.792. The summed E-state index contributed by atoms with van der Waals surface area (Å²) in [4.78, 5) is 11.6. The fourth-order valence-corrected chi connectivity index (χ4v) is 2.43. The summed E-state index contributed by atoms with van der Waals surface area (Å²) >= 11 is 0. The molecule has 0 bridgehead atoms. The highest BCUT2D eigenvalue weighted by molar-refractivity contribution is 5.95. The van der Waals surface area contributed by atoms with Crippen LogP contribution in [-0.2, 0) is 17.7 Å². The maximum atomic E-state index is 11.6. The molecule has 1 aromatic carbocycles. The summed E-state index contributed by atoms with van der Waals surface area (Å²) in [6.07, 6.45) is 3.49. The van der Waals surface area contributed by atoms with Crippen LogP contribution in [-0.4, -0.2) is 22.9 Å². The molecule has 0 atom stereocenters. The van der Waals surface area contributed by atoms with Crippen LogP contribution in [0.15, 0.2) is 18.2 Å². The van der Waals surface area contributed by atoms with Gasteiger partial charge >= 0.3 is 5.97 Å². The normalized spacial score (nSPS) is 14.8. The molecule has 0 aliphatic heterocycles. The number of methoxy groups -OCH3 is 1. The van der Waals surface area contributed by atoms with Crippen LogP contribution in [0.3, 0.4) is 0 Å². The topological polar surface area (TPSA) is 44.1 Å². The zero-order valence-electron chi connectivity index (χ0n) is 11.3. The summed E-state index contributed by atoms with van der Waals surface area (Å²) < 4.78 is 6.84. The van der Waals surface area contributed by atoms with Crippen LogP contribution in [0.1, 0.15) is 35.8 Å². The van der Waals surface area contributed by atoms with E-state index in [-0.39, 0.29) is 5.97 Å². The van der Waals surface area contributed by atoms with E-state index >= 15 is 0 Å². The smallest absolute Gasteiger partial charge is 0.337 e. The highest BCUT2D eigenvalue weighted by Crippen LogP contribution is 2.32. The van der Waals surface area contributed by atoms with Crippen molar-refractivity contribution in [2.75, 3.05) is 7.11 Å². The summed E-state index contributed by atoms with van der Waals surface area (Å²) in [6.45, 7) is 3.07. The molecule has 1 heterocycles. The van der Waals surface area contributed by atoms with Crippen molar-refractivity contribution >= 4 is 16.9 Å². The SMILES string of the molecule is CCc1nn(CC2CC2)c2cc(C(=O)OC)ccc12. The Kier molecular flexibility index (Phi) is 3.01. The van der Waals surface area contributed by atoms with Gasteiger partial charge in [-0.1, -0.05) is 13.0 Å². The first kappa shape index (κ1) is 12.2. The van der Waals surface area contributed by atoms with Gasteiger partial charge in [0.05, 0.1) is 23.9 Å². The minimum absolute atomic E-state index is 0.292. The number of aryl methyl sites for hydroxylation is 1. The molecule has 1 aliphatic carbocycles.